The summed E-state index contributed by atoms with van der Waals surface area (Å²) in [7, 11) is 0. The molecule has 0 aliphatic carbocycles. The molecule has 0 aliphatic rings. The number of carbonyl (C=O) groups is 1. The molecule has 0 rings (SSSR count). The molecule has 0 aromatic carbocycles. The number of hydrogen-bond donors (Lipinski definition) is 0. The van der Waals surface area contributed by atoms with Gasteiger partial charge in [0.2, 0.25) is 0 Å². The SMILES string of the molecule is CC(=O)CC(C)(OC(C)C)OC(C)C. The van der Waals surface area contributed by atoms with E-state index in [-0.39, 0.29) is 18.0 Å². The van der Waals surface area contributed by atoms with Gasteiger partial charge in [-0.25, -0.2) is 0 Å². The smallest absolute Gasteiger partial charge is 0.173 e. The molecule has 14 heavy (non-hydrogen) atoms. The summed E-state index contributed by atoms with van der Waals surface area (Å²) >= 11 is 0. The molecule has 0 amide bonds. The molecule has 0 bridgehead atoms. The van der Waals surface area contributed by atoms with Gasteiger partial charge in [-0.1, -0.05) is 0 Å². The largest absolute Gasteiger partial charge is 0.347 e. The predicted molar refractivity (Wildman–Crippen MR) is 56.1 cm³/mol. The predicted octanol–water partition coefficient (Wildman–Crippen LogP) is 2.53. The van der Waals surface area contributed by atoms with E-state index in [0.29, 0.717) is 6.42 Å². The van der Waals surface area contributed by atoms with E-state index >= 15 is 0 Å². The van der Waals surface area contributed by atoms with Crippen LogP contribution in [0.4, 0.5) is 0 Å². The molecule has 0 saturated heterocycles. The molecule has 0 N–H and O–H groups in total. The monoisotopic (exact) mass is 202 g/mol. The number of ether oxygens (including phenoxy) is 2. The van der Waals surface area contributed by atoms with Crippen LogP contribution >= 0.6 is 0 Å². The first-order chi connectivity index (χ1) is 6.25. The maximum absolute atomic E-state index is 11.1. The average Bonchev–Trinajstić information content (AvgIpc) is 1.76. The van der Waals surface area contributed by atoms with Gasteiger partial charge in [0.25, 0.3) is 0 Å². The molecule has 0 unspecified atom stereocenters. The molecular formula is C11H22O3. The molecular weight excluding hydrogens is 180 g/mol. The Hall–Kier alpha value is -0.410. The number of carbonyl (C=O) groups excluding carboxylic acids is 1. The second-order valence-electron chi connectivity index (χ2n) is 4.35. The lowest BCUT2D eigenvalue weighted by Crippen LogP contribution is -2.39. The van der Waals surface area contributed by atoms with Crippen LogP contribution in [0, 0.1) is 0 Å². The van der Waals surface area contributed by atoms with E-state index in [1.165, 1.54) is 0 Å². The zero-order valence-electron chi connectivity index (χ0n) is 10.1. The number of Topliss-reactive ketones (excluding diaryl/α,β-unsaturated/α-hetero) is 1. The molecule has 0 spiro atoms. The van der Waals surface area contributed by atoms with Gasteiger partial charge in [0.15, 0.2) is 5.79 Å². The van der Waals surface area contributed by atoms with E-state index in [0.717, 1.165) is 0 Å². The topological polar surface area (TPSA) is 35.5 Å². The molecule has 0 aromatic rings. The standard InChI is InChI=1S/C11H22O3/c1-8(2)13-11(6,7-10(5)12)14-9(3)4/h8-9H,7H2,1-6H3. The molecule has 0 radical (unpaired) electrons. The molecule has 0 aromatic heterocycles. The highest BCUT2D eigenvalue weighted by atomic mass is 16.7. The number of ketones is 1. The highest BCUT2D eigenvalue weighted by Crippen LogP contribution is 2.21. The minimum Gasteiger partial charge on any atom is -0.347 e. The molecule has 0 heterocycles. The summed E-state index contributed by atoms with van der Waals surface area (Å²) in [6.45, 7) is 11.1. The fourth-order valence-corrected chi connectivity index (χ4v) is 1.56. The van der Waals surface area contributed by atoms with Crippen molar-refractivity contribution in [1.29, 1.82) is 0 Å². The van der Waals surface area contributed by atoms with E-state index in [1.807, 2.05) is 34.6 Å². The van der Waals surface area contributed by atoms with Gasteiger partial charge in [-0.05, 0) is 41.5 Å². The fourth-order valence-electron chi connectivity index (χ4n) is 1.56. The summed E-state index contributed by atoms with van der Waals surface area (Å²) in [5, 5.41) is 0. The first-order valence-electron chi connectivity index (χ1n) is 5.10. The van der Waals surface area contributed by atoms with Crippen molar-refractivity contribution in [2.24, 2.45) is 0 Å². The Bertz CT molecular complexity index is 175. The Labute approximate surface area is 86.8 Å². The molecule has 3 heteroatoms. The van der Waals surface area contributed by atoms with Crippen molar-refractivity contribution >= 4 is 5.78 Å². The Morgan fingerprint density at radius 2 is 1.50 bits per heavy atom. The minimum absolute atomic E-state index is 0.0538. The van der Waals surface area contributed by atoms with Gasteiger partial charge in [0.05, 0.1) is 18.6 Å². The van der Waals surface area contributed by atoms with Gasteiger partial charge in [0, 0.05) is 0 Å². The summed E-state index contributed by atoms with van der Waals surface area (Å²) in [6.07, 6.45) is 0.403. The molecule has 3 nitrogen and oxygen atoms in total. The molecule has 0 saturated carbocycles. The van der Waals surface area contributed by atoms with Crippen molar-refractivity contribution in [3.63, 3.8) is 0 Å². The summed E-state index contributed by atoms with van der Waals surface area (Å²) in [4.78, 5) is 11.1. The van der Waals surface area contributed by atoms with Gasteiger partial charge in [-0.2, -0.15) is 0 Å². The molecule has 0 aliphatic heterocycles. The Kier molecular flexibility index (Phi) is 5.31. The number of hydrogen-bond acceptors (Lipinski definition) is 3. The van der Waals surface area contributed by atoms with E-state index < -0.39 is 5.79 Å². The third kappa shape index (κ3) is 6.11. The second-order valence-corrected chi connectivity index (χ2v) is 4.35. The lowest BCUT2D eigenvalue weighted by atomic mass is 10.1. The van der Waals surface area contributed by atoms with Gasteiger partial charge in [-0.3, -0.25) is 4.79 Å². The Morgan fingerprint density at radius 3 is 1.71 bits per heavy atom. The average molecular weight is 202 g/mol. The highest BCUT2D eigenvalue weighted by molar-refractivity contribution is 5.76. The Balaban J connectivity index is 4.40. The van der Waals surface area contributed by atoms with Crippen molar-refractivity contribution in [2.45, 2.75) is 66.0 Å². The van der Waals surface area contributed by atoms with Crippen LogP contribution in [-0.4, -0.2) is 23.8 Å². The van der Waals surface area contributed by atoms with Crippen LogP contribution in [0.5, 0.6) is 0 Å². The van der Waals surface area contributed by atoms with E-state index in [4.69, 9.17) is 9.47 Å². The normalized spacial score (nSPS) is 12.6. The third-order valence-corrected chi connectivity index (χ3v) is 1.54. The van der Waals surface area contributed by atoms with E-state index in [9.17, 15) is 4.79 Å². The highest BCUT2D eigenvalue weighted by Gasteiger charge is 2.30. The maximum Gasteiger partial charge on any atom is 0.173 e. The molecule has 0 fully saturated rings. The summed E-state index contributed by atoms with van der Waals surface area (Å²) in [5.41, 5.74) is 0. The van der Waals surface area contributed by atoms with Crippen LogP contribution in [0.1, 0.15) is 48.0 Å². The van der Waals surface area contributed by atoms with Gasteiger partial charge in [0.1, 0.15) is 5.78 Å². The van der Waals surface area contributed by atoms with Crippen LogP contribution in [0.15, 0.2) is 0 Å². The van der Waals surface area contributed by atoms with Gasteiger partial charge < -0.3 is 9.47 Å². The van der Waals surface area contributed by atoms with Crippen LogP contribution in [0.25, 0.3) is 0 Å². The summed E-state index contributed by atoms with van der Waals surface area (Å²) in [6, 6.07) is 0. The van der Waals surface area contributed by atoms with E-state index in [1.54, 1.807) is 6.92 Å². The van der Waals surface area contributed by atoms with Crippen molar-refractivity contribution < 1.29 is 14.3 Å². The Morgan fingerprint density at radius 1 is 1.14 bits per heavy atom. The third-order valence-electron chi connectivity index (χ3n) is 1.54. The molecule has 0 atom stereocenters. The van der Waals surface area contributed by atoms with Gasteiger partial charge >= 0.3 is 0 Å². The maximum atomic E-state index is 11.1. The lowest BCUT2D eigenvalue weighted by Gasteiger charge is -2.32. The van der Waals surface area contributed by atoms with Crippen molar-refractivity contribution in [2.75, 3.05) is 0 Å². The van der Waals surface area contributed by atoms with Crippen LogP contribution in [0.2, 0.25) is 0 Å². The quantitative estimate of drug-likeness (QED) is 0.621. The zero-order chi connectivity index (χ0) is 11.4. The van der Waals surface area contributed by atoms with Crippen LogP contribution < -0.4 is 0 Å². The first kappa shape index (κ1) is 13.6. The van der Waals surface area contributed by atoms with Crippen LogP contribution in [-0.2, 0) is 14.3 Å². The van der Waals surface area contributed by atoms with E-state index in [2.05, 4.69) is 0 Å². The van der Waals surface area contributed by atoms with Crippen molar-refractivity contribution in [3.05, 3.63) is 0 Å². The summed E-state index contributed by atoms with van der Waals surface area (Å²) < 4.78 is 11.2. The van der Waals surface area contributed by atoms with Crippen LogP contribution in [0.3, 0.4) is 0 Å². The van der Waals surface area contributed by atoms with Crippen molar-refractivity contribution in [1.82, 2.24) is 0 Å². The fraction of sp³-hybridized carbons (Fsp3) is 0.909. The minimum atomic E-state index is -0.784. The zero-order valence-corrected chi connectivity index (χ0v) is 10.1. The number of rotatable bonds is 6. The van der Waals surface area contributed by atoms with Crippen molar-refractivity contribution in [3.8, 4) is 0 Å². The summed E-state index contributed by atoms with van der Waals surface area (Å²) in [5.74, 6) is -0.706. The first-order valence-corrected chi connectivity index (χ1v) is 5.10. The van der Waals surface area contributed by atoms with Gasteiger partial charge in [-0.15, -0.1) is 0 Å². The second kappa shape index (κ2) is 5.47. The lowest BCUT2D eigenvalue weighted by molar-refractivity contribution is -0.257. The molecule has 84 valence electrons.